The third-order valence-corrected chi connectivity index (χ3v) is 0.873. The highest BCUT2D eigenvalue weighted by Gasteiger charge is 1.80. The van der Waals surface area contributed by atoms with E-state index in [0.717, 1.165) is 20.0 Å². The minimum absolute atomic E-state index is 0.274. The lowest BCUT2D eigenvalue weighted by atomic mass is 10.3. The number of hydrogen-bond acceptors (Lipinski definition) is 3. The van der Waals surface area contributed by atoms with Crippen LogP contribution in [-0.2, 0) is 4.74 Å². The van der Waals surface area contributed by atoms with Crippen molar-refractivity contribution in [1.29, 1.82) is 0 Å². The molecule has 0 heterocycles. The lowest BCUT2D eigenvalue weighted by molar-refractivity contribution is 0.114. The van der Waals surface area contributed by atoms with E-state index in [2.05, 4.69) is 17.7 Å². The van der Waals surface area contributed by atoms with E-state index in [9.17, 15) is 0 Å². The van der Waals surface area contributed by atoms with Crippen molar-refractivity contribution < 1.29 is 19.7 Å². The zero-order valence-corrected chi connectivity index (χ0v) is 7.49. The largest absolute Gasteiger partial charge is 0.505 e. The monoisotopic (exact) mass is 176 g/mol. The van der Waals surface area contributed by atoms with Crippen LogP contribution in [0.2, 0.25) is 0 Å². The summed E-state index contributed by atoms with van der Waals surface area (Å²) < 4.78 is 3.67. The van der Waals surface area contributed by atoms with Gasteiger partial charge >= 0.3 is 6.16 Å². The van der Waals surface area contributed by atoms with Crippen molar-refractivity contribution in [3.63, 3.8) is 0 Å². The molecule has 0 fully saturated rings. The van der Waals surface area contributed by atoms with Gasteiger partial charge in [0, 0.05) is 6.61 Å². The number of hydrogen-bond donors (Lipinski definition) is 2. The number of aliphatic hydroxyl groups is 1. The minimum Gasteiger partial charge on any atom is -0.450 e. The number of aliphatic hydroxyl groups excluding tert-OH is 1. The summed E-state index contributed by atoms with van der Waals surface area (Å²) in [6, 6.07) is 0. The smallest absolute Gasteiger partial charge is 0.450 e. The van der Waals surface area contributed by atoms with Crippen molar-refractivity contribution in [1.82, 2.24) is 0 Å². The van der Waals surface area contributed by atoms with Crippen LogP contribution in [0.1, 0.15) is 19.8 Å². The van der Waals surface area contributed by atoms with E-state index in [-0.39, 0.29) is 6.61 Å². The Morgan fingerprint density at radius 1 is 1.50 bits per heavy atom. The first-order chi connectivity index (χ1) is 5.68. The maximum atomic E-state index is 9.15. The Balaban J connectivity index is 0. The maximum absolute atomic E-state index is 9.15. The molecule has 0 saturated heterocycles. The Morgan fingerprint density at radius 3 is 2.25 bits per heavy atom. The molecule has 0 radical (unpaired) electrons. The Bertz CT molecular complexity index is 120. The van der Waals surface area contributed by atoms with Crippen LogP contribution in [0, 0.1) is 0 Å². The highest BCUT2D eigenvalue weighted by Crippen LogP contribution is 1.82. The first-order valence-corrected chi connectivity index (χ1v) is 3.71. The van der Waals surface area contributed by atoms with Gasteiger partial charge in [0.05, 0.1) is 7.11 Å². The molecular weight excluding hydrogens is 160 g/mol. The molecule has 0 saturated carbocycles. The molecule has 0 amide bonds. The third kappa shape index (κ3) is 23.1. The first kappa shape index (κ1) is 13.6. The highest BCUT2D eigenvalue weighted by molar-refractivity contribution is 5.56. The summed E-state index contributed by atoms with van der Waals surface area (Å²) in [7, 11) is 1.10. The Hall–Kier alpha value is -1.03. The second-order valence-corrected chi connectivity index (χ2v) is 1.86. The molecule has 0 aromatic heterocycles. The molecule has 0 aromatic rings. The van der Waals surface area contributed by atoms with Crippen molar-refractivity contribution >= 4 is 6.16 Å². The topological polar surface area (TPSA) is 66.8 Å². The zero-order chi connectivity index (χ0) is 9.82. The van der Waals surface area contributed by atoms with Gasteiger partial charge in [0.25, 0.3) is 0 Å². The van der Waals surface area contributed by atoms with Gasteiger partial charge in [0.15, 0.2) is 0 Å². The van der Waals surface area contributed by atoms with Crippen LogP contribution in [0.5, 0.6) is 0 Å². The number of carbonyl (C=O) groups is 1. The molecular formula is C8H16O4. The molecule has 4 nitrogen and oxygen atoms in total. The first-order valence-electron chi connectivity index (χ1n) is 3.71. The molecule has 0 aliphatic carbocycles. The van der Waals surface area contributed by atoms with Crippen molar-refractivity contribution in [2.24, 2.45) is 0 Å². The van der Waals surface area contributed by atoms with Crippen molar-refractivity contribution in [2.75, 3.05) is 13.7 Å². The molecule has 12 heavy (non-hydrogen) atoms. The summed E-state index contributed by atoms with van der Waals surface area (Å²) in [5.41, 5.74) is 0. The second kappa shape index (κ2) is 12.6. The Kier molecular flexibility index (Phi) is 14.3. The fourth-order valence-corrected chi connectivity index (χ4v) is 0.359. The van der Waals surface area contributed by atoms with Crippen LogP contribution in [0.4, 0.5) is 4.79 Å². The summed E-state index contributed by atoms with van der Waals surface area (Å²) in [5, 5.41) is 15.7. The number of methoxy groups -OCH3 is 1. The lowest BCUT2D eigenvalue weighted by Gasteiger charge is -1.79. The van der Waals surface area contributed by atoms with Gasteiger partial charge in [-0.15, -0.1) is 0 Å². The molecule has 0 spiro atoms. The fraction of sp³-hybridized carbons (Fsp3) is 0.625. The van der Waals surface area contributed by atoms with Gasteiger partial charge in [-0.1, -0.05) is 19.1 Å². The van der Waals surface area contributed by atoms with Crippen LogP contribution in [0.25, 0.3) is 0 Å². The third-order valence-electron chi connectivity index (χ3n) is 0.873. The number of ether oxygens (including phenoxy) is 1. The Labute approximate surface area is 72.5 Å². The summed E-state index contributed by atoms with van der Waals surface area (Å²) in [6.45, 7) is 2.35. The summed E-state index contributed by atoms with van der Waals surface area (Å²) in [5.74, 6) is 0. The molecule has 0 unspecified atom stereocenters. The normalized spacial score (nSPS) is 8.92. The Morgan fingerprint density at radius 2 is 2.00 bits per heavy atom. The minimum atomic E-state index is -1.25. The SMILES string of the molecule is CCC=CCCO.COC(=O)O. The predicted octanol–water partition coefficient (Wildman–Crippen LogP) is 1.65. The van der Waals surface area contributed by atoms with Gasteiger partial charge in [-0.05, 0) is 12.8 Å². The van der Waals surface area contributed by atoms with E-state index in [0.29, 0.717) is 0 Å². The van der Waals surface area contributed by atoms with Crippen LogP contribution in [0.3, 0.4) is 0 Å². The molecule has 2 N–H and O–H groups in total. The number of carboxylic acid groups (broad SMARTS) is 1. The van der Waals surface area contributed by atoms with Crippen LogP contribution in [-0.4, -0.2) is 30.1 Å². The molecule has 0 atom stereocenters. The molecule has 4 heteroatoms. The molecule has 0 aliphatic heterocycles. The van der Waals surface area contributed by atoms with Crippen LogP contribution in [0.15, 0.2) is 12.2 Å². The molecule has 0 bridgehead atoms. The van der Waals surface area contributed by atoms with Crippen LogP contribution >= 0.6 is 0 Å². The number of allylic oxidation sites excluding steroid dienone is 1. The zero-order valence-electron chi connectivity index (χ0n) is 7.49. The van der Waals surface area contributed by atoms with Gasteiger partial charge in [-0.3, -0.25) is 0 Å². The van der Waals surface area contributed by atoms with Gasteiger partial charge in [0.2, 0.25) is 0 Å². The van der Waals surface area contributed by atoms with Gasteiger partial charge in [0.1, 0.15) is 0 Å². The average molecular weight is 176 g/mol. The summed E-state index contributed by atoms with van der Waals surface area (Å²) >= 11 is 0. The van der Waals surface area contributed by atoms with E-state index in [1.54, 1.807) is 0 Å². The fourth-order valence-electron chi connectivity index (χ4n) is 0.359. The quantitative estimate of drug-likeness (QED) is 0.506. The van der Waals surface area contributed by atoms with Crippen molar-refractivity contribution in [3.05, 3.63) is 12.2 Å². The average Bonchev–Trinajstić information content (AvgIpc) is 2.07. The maximum Gasteiger partial charge on any atom is 0.505 e. The van der Waals surface area contributed by atoms with E-state index in [1.807, 2.05) is 6.08 Å². The van der Waals surface area contributed by atoms with Crippen molar-refractivity contribution in [2.45, 2.75) is 19.8 Å². The number of rotatable bonds is 3. The molecule has 0 aromatic carbocycles. The van der Waals surface area contributed by atoms with Crippen LogP contribution < -0.4 is 0 Å². The highest BCUT2D eigenvalue weighted by atomic mass is 16.6. The van der Waals surface area contributed by atoms with Crippen molar-refractivity contribution in [3.8, 4) is 0 Å². The standard InChI is InChI=1S/C6H12O.C2H4O3/c1-2-3-4-5-6-7;1-5-2(3)4/h3-4,7H,2,5-6H2,1H3;1H3,(H,3,4). The van der Waals surface area contributed by atoms with Gasteiger partial charge < -0.3 is 14.9 Å². The summed E-state index contributed by atoms with van der Waals surface area (Å²) in [6.07, 6.45) is 4.66. The predicted molar refractivity (Wildman–Crippen MR) is 46.2 cm³/mol. The molecule has 0 aliphatic rings. The van der Waals surface area contributed by atoms with E-state index in [4.69, 9.17) is 15.0 Å². The summed E-state index contributed by atoms with van der Waals surface area (Å²) in [4.78, 5) is 9.15. The molecule has 0 rings (SSSR count). The molecule has 72 valence electrons. The van der Waals surface area contributed by atoms with E-state index >= 15 is 0 Å². The second-order valence-electron chi connectivity index (χ2n) is 1.86. The van der Waals surface area contributed by atoms with Gasteiger partial charge in [-0.2, -0.15) is 0 Å². The van der Waals surface area contributed by atoms with E-state index < -0.39 is 6.16 Å². The van der Waals surface area contributed by atoms with Gasteiger partial charge in [-0.25, -0.2) is 4.79 Å². The van der Waals surface area contributed by atoms with E-state index in [1.165, 1.54) is 0 Å². The lowest BCUT2D eigenvalue weighted by Crippen LogP contribution is -1.91.